The third-order valence-corrected chi connectivity index (χ3v) is 3.23. The van der Waals surface area contributed by atoms with E-state index in [0.717, 1.165) is 19.4 Å². The summed E-state index contributed by atoms with van der Waals surface area (Å²) in [5.74, 6) is -0.150. The molecule has 4 nitrogen and oxygen atoms in total. The highest BCUT2D eigenvalue weighted by Crippen LogP contribution is 2.17. The number of rotatable bonds is 4. The first-order chi connectivity index (χ1) is 8.42. The van der Waals surface area contributed by atoms with Crippen molar-refractivity contribution in [2.24, 2.45) is 0 Å². The standard InChI is InChI=1S/C14H27NO3/c1-14(2,3)18-13(17)8-10-15-9-6-4-5-7-12(15)11-16/h12,16H,4-11H2,1-3H3. The summed E-state index contributed by atoms with van der Waals surface area (Å²) in [4.78, 5) is 13.9. The predicted octanol–water partition coefficient (Wildman–Crippen LogP) is 1.96. The predicted molar refractivity (Wildman–Crippen MR) is 71.4 cm³/mol. The highest BCUT2D eigenvalue weighted by Gasteiger charge is 2.22. The second kappa shape index (κ2) is 7.10. The second-order valence-electron chi connectivity index (χ2n) is 6.06. The third kappa shape index (κ3) is 5.83. The van der Waals surface area contributed by atoms with Gasteiger partial charge >= 0.3 is 5.97 Å². The molecule has 0 aromatic heterocycles. The maximum Gasteiger partial charge on any atom is 0.307 e. The van der Waals surface area contributed by atoms with Crippen LogP contribution in [0.3, 0.4) is 0 Å². The lowest BCUT2D eigenvalue weighted by molar-refractivity contribution is -0.155. The maximum atomic E-state index is 11.7. The molecule has 4 heteroatoms. The largest absolute Gasteiger partial charge is 0.460 e. The van der Waals surface area contributed by atoms with Gasteiger partial charge in [0.05, 0.1) is 13.0 Å². The van der Waals surface area contributed by atoms with Crippen LogP contribution < -0.4 is 0 Å². The first-order valence-electron chi connectivity index (χ1n) is 6.99. The molecule has 1 unspecified atom stereocenters. The van der Waals surface area contributed by atoms with Crippen molar-refractivity contribution >= 4 is 5.97 Å². The molecule has 0 aliphatic carbocycles. The van der Waals surface area contributed by atoms with Gasteiger partial charge in [0.15, 0.2) is 0 Å². The molecule has 0 spiro atoms. The van der Waals surface area contributed by atoms with E-state index < -0.39 is 5.60 Å². The molecular formula is C14H27NO3. The van der Waals surface area contributed by atoms with Gasteiger partial charge in [-0.1, -0.05) is 12.8 Å². The number of ether oxygens (including phenoxy) is 1. The molecule has 1 N–H and O–H groups in total. The van der Waals surface area contributed by atoms with Crippen LogP contribution in [0.15, 0.2) is 0 Å². The second-order valence-corrected chi connectivity index (χ2v) is 6.06. The first kappa shape index (κ1) is 15.4. The van der Waals surface area contributed by atoms with Gasteiger partial charge < -0.3 is 9.84 Å². The van der Waals surface area contributed by atoms with Crippen molar-refractivity contribution in [3.63, 3.8) is 0 Å². The number of carbonyl (C=O) groups excluding carboxylic acids is 1. The van der Waals surface area contributed by atoms with Gasteiger partial charge in [-0.2, -0.15) is 0 Å². The topological polar surface area (TPSA) is 49.8 Å². The molecule has 1 heterocycles. The quantitative estimate of drug-likeness (QED) is 0.782. The summed E-state index contributed by atoms with van der Waals surface area (Å²) in [5.41, 5.74) is -0.410. The van der Waals surface area contributed by atoms with Crippen molar-refractivity contribution in [1.29, 1.82) is 0 Å². The van der Waals surface area contributed by atoms with Crippen molar-refractivity contribution in [2.45, 2.75) is 64.5 Å². The summed E-state index contributed by atoms with van der Waals surface area (Å²) in [7, 11) is 0. The lowest BCUT2D eigenvalue weighted by atomic mass is 10.1. The van der Waals surface area contributed by atoms with Crippen LogP contribution in [0.25, 0.3) is 0 Å². The number of aliphatic hydroxyl groups is 1. The molecule has 0 saturated carbocycles. The Bertz CT molecular complexity index is 260. The van der Waals surface area contributed by atoms with Crippen LogP contribution in [0.5, 0.6) is 0 Å². The van der Waals surface area contributed by atoms with Crippen LogP contribution in [-0.4, -0.2) is 47.3 Å². The molecule has 0 aromatic carbocycles. The fraction of sp³-hybridized carbons (Fsp3) is 0.929. The monoisotopic (exact) mass is 257 g/mol. The Kier molecular flexibility index (Phi) is 6.09. The van der Waals surface area contributed by atoms with Gasteiger partial charge in [-0.3, -0.25) is 9.69 Å². The summed E-state index contributed by atoms with van der Waals surface area (Å²) >= 11 is 0. The Morgan fingerprint density at radius 3 is 2.67 bits per heavy atom. The fourth-order valence-corrected chi connectivity index (χ4v) is 2.37. The van der Waals surface area contributed by atoms with E-state index in [1.54, 1.807) is 0 Å². The zero-order valence-electron chi connectivity index (χ0n) is 11.9. The molecule has 1 rings (SSSR count). The summed E-state index contributed by atoms with van der Waals surface area (Å²) in [5, 5.41) is 9.38. The van der Waals surface area contributed by atoms with Crippen LogP contribution in [0.4, 0.5) is 0 Å². The maximum absolute atomic E-state index is 11.7. The summed E-state index contributed by atoms with van der Waals surface area (Å²) in [6.07, 6.45) is 5.00. The smallest absolute Gasteiger partial charge is 0.307 e. The minimum absolute atomic E-state index is 0.150. The summed E-state index contributed by atoms with van der Waals surface area (Å²) in [6.45, 7) is 7.51. The van der Waals surface area contributed by atoms with Gasteiger partial charge in [0.2, 0.25) is 0 Å². The lowest BCUT2D eigenvalue weighted by Crippen LogP contribution is -2.39. The summed E-state index contributed by atoms with van der Waals surface area (Å²) < 4.78 is 5.30. The van der Waals surface area contributed by atoms with E-state index in [1.807, 2.05) is 20.8 Å². The number of aliphatic hydroxyl groups excluding tert-OH is 1. The molecule has 18 heavy (non-hydrogen) atoms. The van der Waals surface area contributed by atoms with Crippen molar-refractivity contribution in [3.8, 4) is 0 Å². The Morgan fingerprint density at radius 1 is 1.33 bits per heavy atom. The zero-order valence-corrected chi connectivity index (χ0v) is 11.9. The molecule has 1 aliphatic heterocycles. The van der Waals surface area contributed by atoms with E-state index in [9.17, 15) is 9.90 Å². The molecule has 0 aromatic rings. The van der Waals surface area contributed by atoms with E-state index >= 15 is 0 Å². The Hall–Kier alpha value is -0.610. The first-order valence-corrected chi connectivity index (χ1v) is 6.99. The van der Waals surface area contributed by atoms with Crippen molar-refractivity contribution in [3.05, 3.63) is 0 Å². The van der Waals surface area contributed by atoms with Crippen LogP contribution >= 0.6 is 0 Å². The van der Waals surface area contributed by atoms with E-state index in [4.69, 9.17) is 4.74 Å². The van der Waals surface area contributed by atoms with E-state index in [0.29, 0.717) is 13.0 Å². The average molecular weight is 257 g/mol. The number of carbonyl (C=O) groups is 1. The van der Waals surface area contributed by atoms with Crippen LogP contribution in [0.2, 0.25) is 0 Å². The molecular weight excluding hydrogens is 230 g/mol. The van der Waals surface area contributed by atoms with Gasteiger partial charge in [0.25, 0.3) is 0 Å². The summed E-state index contributed by atoms with van der Waals surface area (Å²) in [6, 6.07) is 0.218. The zero-order chi connectivity index (χ0) is 13.6. The Morgan fingerprint density at radius 2 is 2.06 bits per heavy atom. The fourth-order valence-electron chi connectivity index (χ4n) is 2.37. The van der Waals surface area contributed by atoms with E-state index in [1.165, 1.54) is 12.8 Å². The highest BCUT2D eigenvalue weighted by molar-refractivity contribution is 5.70. The minimum Gasteiger partial charge on any atom is -0.460 e. The van der Waals surface area contributed by atoms with E-state index in [2.05, 4.69) is 4.90 Å². The van der Waals surface area contributed by atoms with Crippen molar-refractivity contribution in [2.75, 3.05) is 19.7 Å². The molecule has 1 atom stereocenters. The lowest BCUT2D eigenvalue weighted by Gasteiger charge is -2.28. The van der Waals surface area contributed by atoms with Gasteiger partial charge in [0, 0.05) is 12.6 Å². The Labute approximate surface area is 110 Å². The number of likely N-dealkylation sites (tertiary alicyclic amines) is 1. The Balaban J connectivity index is 2.37. The molecule has 0 bridgehead atoms. The van der Waals surface area contributed by atoms with Crippen LogP contribution in [0, 0.1) is 0 Å². The molecule has 1 saturated heterocycles. The van der Waals surface area contributed by atoms with Crippen LogP contribution in [0.1, 0.15) is 52.9 Å². The minimum atomic E-state index is -0.410. The molecule has 1 aliphatic rings. The molecule has 1 fully saturated rings. The average Bonchev–Trinajstić information content (AvgIpc) is 2.48. The molecule has 106 valence electrons. The molecule has 0 radical (unpaired) electrons. The van der Waals surface area contributed by atoms with Crippen LogP contribution in [-0.2, 0) is 9.53 Å². The van der Waals surface area contributed by atoms with Gasteiger partial charge in [-0.25, -0.2) is 0 Å². The van der Waals surface area contributed by atoms with Crippen molar-refractivity contribution < 1.29 is 14.6 Å². The number of esters is 1. The van der Waals surface area contributed by atoms with Gasteiger partial charge in [-0.05, 0) is 40.2 Å². The SMILES string of the molecule is CC(C)(C)OC(=O)CCN1CCCCCC1CO. The highest BCUT2D eigenvalue weighted by atomic mass is 16.6. The molecule has 0 amide bonds. The van der Waals surface area contributed by atoms with Gasteiger partial charge in [0.1, 0.15) is 5.60 Å². The number of nitrogens with zero attached hydrogens (tertiary/aromatic N) is 1. The van der Waals surface area contributed by atoms with Crippen molar-refractivity contribution in [1.82, 2.24) is 4.90 Å². The third-order valence-electron chi connectivity index (χ3n) is 3.23. The number of hydrogen-bond donors (Lipinski definition) is 1. The van der Waals surface area contributed by atoms with E-state index in [-0.39, 0.29) is 18.6 Å². The van der Waals surface area contributed by atoms with Gasteiger partial charge in [-0.15, -0.1) is 0 Å². The normalized spacial score (nSPS) is 22.6. The number of hydrogen-bond acceptors (Lipinski definition) is 4.